The summed E-state index contributed by atoms with van der Waals surface area (Å²) in [5.74, 6) is -9.43. The predicted molar refractivity (Wildman–Crippen MR) is 365 cm³/mol. The summed E-state index contributed by atoms with van der Waals surface area (Å²) >= 11 is 0. The number of aliphatic hydroxyl groups is 27. The van der Waals surface area contributed by atoms with Gasteiger partial charge in [0.15, 0.2) is 50.3 Å². The van der Waals surface area contributed by atoms with Crippen LogP contribution in [-0.4, -0.2) is 503 Å². The molecule has 10 saturated heterocycles. The fourth-order valence-corrected chi connectivity index (χ4v) is 15.9. The molecule has 0 aromatic heterocycles. The topological polar surface area (TPSA) is 785 Å². The average Bonchev–Trinajstić information content (AvgIpc) is 0.769. The molecule has 0 saturated carbocycles. The molecular formula is C68H117NO48. The molecule has 19 unspecified atom stereocenters. The second-order valence-corrected chi connectivity index (χ2v) is 31.4. The number of carboxylic acid groups (broad SMARTS) is 1. The predicted octanol–water partition coefficient (Wildman–Crippen LogP) is -17.5. The van der Waals surface area contributed by atoms with Crippen molar-refractivity contribution in [2.24, 2.45) is 29.4 Å². The van der Waals surface area contributed by atoms with Gasteiger partial charge in [0.2, 0.25) is 0 Å². The molecule has 10 aliphatic rings. The van der Waals surface area contributed by atoms with Crippen LogP contribution >= 0.6 is 0 Å². The normalized spacial score (nSPS) is 52.1. The molecule has 10 rings (SSSR count). The fourth-order valence-electron chi connectivity index (χ4n) is 15.9. The maximum absolute atomic E-state index is 12.8. The van der Waals surface area contributed by atoms with Crippen LogP contribution in [0.2, 0.25) is 0 Å². The summed E-state index contributed by atoms with van der Waals surface area (Å²) in [5.41, 5.74) is 5.96. The quantitative estimate of drug-likeness (QED) is 0.0306. The van der Waals surface area contributed by atoms with Gasteiger partial charge in [-0.25, -0.2) is 4.79 Å². The molecular weight excluding hydrogens is 1600 g/mol. The zero-order valence-corrected chi connectivity index (χ0v) is 63.9. The number of aliphatic carboxylic acids is 1. The fraction of sp³-hybridized carbons (Fsp3) is 0.985. The van der Waals surface area contributed by atoms with E-state index in [1.165, 1.54) is 20.8 Å². The Labute approximate surface area is 666 Å². The Morgan fingerprint density at radius 2 is 0.675 bits per heavy atom. The summed E-state index contributed by atoms with van der Waals surface area (Å²) in [6.07, 6.45) is -85.6. The number of nitrogens with two attached hydrogens (primary N) is 1. The van der Waals surface area contributed by atoms with Gasteiger partial charge in [0, 0.05) is 30.1 Å². The smallest absolute Gasteiger partial charge is 0.364 e. The highest BCUT2D eigenvalue weighted by Crippen LogP contribution is 2.43. The second kappa shape index (κ2) is 41.4. The minimum atomic E-state index is -2.94. The van der Waals surface area contributed by atoms with E-state index in [4.69, 9.17) is 95.7 Å². The van der Waals surface area contributed by atoms with E-state index in [0.29, 0.717) is 0 Å². The van der Waals surface area contributed by atoms with E-state index in [9.17, 15) is 148 Å². The Hall–Kier alpha value is -2.41. The molecule has 10 heterocycles. The molecule has 10 fully saturated rings. The zero-order chi connectivity index (χ0) is 86.2. The summed E-state index contributed by atoms with van der Waals surface area (Å²) in [6, 6.07) is -1.56. The molecule has 0 aromatic carbocycles. The van der Waals surface area contributed by atoms with Crippen molar-refractivity contribution in [3.63, 3.8) is 0 Å². The van der Waals surface area contributed by atoms with Crippen LogP contribution in [0, 0.1) is 23.7 Å². The third-order valence-electron chi connectivity index (χ3n) is 23.7. The molecule has 0 aromatic rings. The summed E-state index contributed by atoms with van der Waals surface area (Å²) in [4.78, 5) is 12.8. The van der Waals surface area contributed by atoms with Gasteiger partial charge >= 0.3 is 5.97 Å². The Morgan fingerprint density at radius 3 is 1.09 bits per heavy atom. The van der Waals surface area contributed by atoms with Crippen LogP contribution in [-0.2, 0) is 94.8 Å². The summed E-state index contributed by atoms with van der Waals surface area (Å²) < 4.78 is 114. The number of carbonyl (C=O) groups is 1. The van der Waals surface area contributed by atoms with Gasteiger partial charge in [-0.15, -0.1) is 0 Å². The van der Waals surface area contributed by atoms with Crippen LogP contribution in [0.1, 0.15) is 41.0 Å². The van der Waals surface area contributed by atoms with Crippen molar-refractivity contribution in [3.8, 4) is 0 Å². The van der Waals surface area contributed by atoms with Gasteiger partial charge in [0.25, 0.3) is 5.79 Å². The Balaban J connectivity index is 0.893. The second-order valence-electron chi connectivity index (χ2n) is 31.4. The SMILES string of the molecule is CC1C(O)[C@H](O[C@@H]2OC(CO[C@]3(C(=O)O)C[C@@H](O)[C@@H](N)C([C@H](O)[C@H](O)CO)O3)[C@H](O)C(O)[C@@H]2O)[C@H](CO)O[C@H]1O[C@@H]1C(O)[C@H](O)C(CO)O[C@@H]1OCC1O[C@@H](O[C@@H]2C(CO)O[C@@H](O[C@@H]3C(CO)O[C@@H](C)[C@@H](C)C3O)[C@@H](C)C2O)[C@H](O)C(O[C@H]2O[C@H](CO)[C@@H](O)C(O)C2O[C@@H]2OC(CO)[C@@H](O[C@@H]3OC(CO)[C@H](O)C(O)[C@@H]3O)[C@H](O)C2C)[C@@H]1O. The first kappa shape index (κ1) is 96.8. The lowest BCUT2D eigenvalue weighted by atomic mass is 9.88. The van der Waals surface area contributed by atoms with Crippen LogP contribution in [0.3, 0.4) is 0 Å². The summed E-state index contributed by atoms with van der Waals surface area (Å²) in [5, 5.41) is 309. The molecule has 49 nitrogen and oxygen atoms in total. The maximum Gasteiger partial charge on any atom is 0.364 e. The van der Waals surface area contributed by atoms with E-state index in [1.54, 1.807) is 13.8 Å². The molecule has 0 bridgehead atoms. The Bertz CT molecular complexity index is 3020. The van der Waals surface area contributed by atoms with Crippen LogP contribution in [0.25, 0.3) is 0 Å². The van der Waals surface area contributed by atoms with Crippen LogP contribution in [0.4, 0.5) is 0 Å². The molecule has 0 aliphatic carbocycles. The average molecular weight is 1720 g/mol. The van der Waals surface area contributed by atoms with E-state index < -0.39 is 390 Å². The largest absolute Gasteiger partial charge is 0.477 e. The van der Waals surface area contributed by atoms with Gasteiger partial charge < -0.3 is 239 Å². The van der Waals surface area contributed by atoms with Crippen molar-refractivity contribution in [2.45, 2.75) is 329 Å². The first-order valence-electron chi connectivity index (χ1n) is 38.5. The van der Waals surface area contributed by atoms with Gasteiger partial charge in [0.1, 0.15) is 189 Å². The Morgan fingerprint density at radius 1 is 0.350 bits per heavy atom. The lowest BCUT2D eigenvalue weighted by Gasteiger charge is -2.51. The van der Waals surface area contributed by atoms with Crippen LogP contribution in [0.15, 0.2) is 0 Å². The van der Waals surface area contributed by atoms with Gasteiger partial charge in [-0.05, 0) is 6.92 Å². The zero-order valence-electron chi connectivity index (χ0n) is 63.9. The van der Waals surface area contributed by atoms with Crippen molar-refractivity contribution in [1.29, 1.82) is 0 Å². The van der Waals surface area contributed by atoms with E-state index in [0.717, 1.165) is 0 Å². The Kier molecular flexibility index (Phi) is 34.2. The number of hydrogen-bond acceptors (Lipinski definition) is 48. The maximum atomic E-state index is 12.8. The third-order valence-corrected chi connectivity index (χ3v) is 23.7. The molecule has 0 spiro atoms. The van der Waals surface area contributed by atoms with Crippen molar-refractivity contribution in [1.82, 2.24) is 0 Å². The van der Waals surface area contributed by atoms with Crippen molar-refractivity contribution < 1.29 is 238 Å². The number of rotatable bonds is 31. The van der Waals surface area contributed by atoms with Crippen LogP contribution < -0.4 is 5.73 Å². The lowest BCUT2D eigenvalue weighted by Crippen LogP contribution is -2.68. The molecule has 49 heteroatoms. The molecule has 682 valence electrons. The molecule has 30 N–H and O–H groups in total. The van der Waals surface area contributed by atoms with E-state index in [1.807, 2.05) is 0 Å². The van der Waals surface area contributed by atoms with E-state index >= 15 is 0 Å². The highest BCUT2D eigenvalue weighted by atomic mass is 16.8. The van der Waals surface area contributed by atoms with Gasteiger partial charge in [-0.3, -0.25) is 0 Å². The van der Waals surface area contributed by atoms with Gasteiger partial charge in [0.05, 0.1) is 109 Å². The molecule has 10 aliphatic heterocycles. The number of carboxylic acids is 1. The summed E-state index contributed by atoms with van der Waals surface area (Å²) in [6.45, 7) is -2.70. The molecule has 0 radical (unpaired) electrons. The van der Waals surface area contributed by atoms with E-state index in [2.05, 4.69) is 0 Å². The van der Waals surface area contributed by atoms with Crippen molar-refractivity contribution in [3.05, 3.63) is 0 Å². The van der Waals surface area contributed by atoms with Crippen molar-refractivity contribution >= 4 is 5.97 Å². The molecule has 117 heavy (non-hydrogen) atoms. The first-order valence-corrected chi connectivity index (χ1v) is 38.5. The van der Waals surface area contributed by atoms with Gasteiger partial charge in [-0.2, -0.15) is 0 Å². The third kappa shape index (κ3) is 20.2. The lowest BCUT2D eigenvalue weighted by molar-refractivity contribution is -0.402. The van der Waals surface area contributed by atoms with Crippen molar-refractivity contribution in [2.75, 3.05) is 66.1 Å². The monoisotopic (exact) mass is 1720 g/mol. The number of ether oxygens (including phenoxy) is 19. The molecule has 0 amide bonds. The number of aliphatic hydroxyl groups excluding tert-OH is 27. The number of hydrogen-bond donors (Lipinski definition) is 29. The standard InChI is InChI=1S/C68H117NO48/c1-17-21(5)101-27(11-74)51(34(17)80)110-59-18(2)35(81)54(30(14-77)105-59)113-64-50(96)56(114-66-58(47(93)41(87)26(10-73)104-66)116-61-20(4)37(83)52(28(12-75)107-61)111-62-48(94)44(90)39(85)24(8-71)102-62)43(89)31(108-64)15-99-65-57(46(92)40(86)25(9-72)103-65)115-60-19(3)36(82)53(29(13-76)106-60)112-63-49(95)45(91)42(88)32(109-63)16-100-68(67(97)98)6-22(78)33(69)55(117-68)38(84)23(79)7-70/h17-66,70-96H,6-16,69H2,1-5H3,(H,97,98)/t17-,18+,19?,20?,21+,22-,23-,24?,25?,26-,27?,28?,29+,30?,31?,32?,33-,34?,35?,36?,37-,38-,39+,40-,41-,42+,43-,44?,45?,46?,47?,48+,49+,50-,51-,52-,53-,54-,55?,56?,57-,58?,59+,60+,61+,62+,63+,64+,65+,66-,68-/m1/s1. The highest BCUT2D eigenvalue weighted by molar-refractivity contribution is 5.76. The van der Waals surface area contributed by atoms with Crippen LogP contribution in [0.5, 0.6) is 0 Å². The highest BCUT2D eigenvalue weighted by Gasteiger charge is 2.62. The first-order chi connectivity index (χ1) is 55.3. The minimum Gasteiger partial charge on any atom is -0.477 e. The minimum absolute atomic E-state index is 0.552. The summed E-state index contributed by atoms with van der Waals surface area (Å²) in [7, 11) is 0. The van der Waals surface area contributed by atoms with Gasteiger partial charge in [-0.1, -0.05) is 27.7 Å². The van der Waals surface area contributed by atoms with E-state index in [-0.39, 0.29) is 0 Å². The molecule has 51 atom stereocenters.